The first kappa shape index (κ1) is 31.9. The third-order valence-corrected chi connectivity index (χ3v) is 10.4. The van der Waals surface area contributed by atoms with Gasteiger partial charge >= 0.3 is 23.9 Å². The van der Waals surface area contributed by atoms with Crippen LogP contribution in [0.15, 0.2) is 91.0 Å². The molecule has 1 unspecified atom stereocenters. The fraction of sp³-hybridized carbons (Fsp3) is 0.150. The number of carbonyl (C=O) groups is 4. The van der Waals surface area contributed by atoms with Crippen molar-refractivity contribution in [3.63, 3.8) is 0 Å². The van der Waals surface area contributed by atoms with Crippen LogP contribution >= 0.6 is 11.6 Å². The summed E-state index contributed by atoms with van der Waals surface area (Å²) in [5, 5.41) is 10.1. The van der Waals surface area contributed by atoms with E-state index in [1.807, 2.05) is 55.5 Å². The Balaban J connectivity index is 1.41. The van der Waals surface area contributed by atoms with Gasteiger partial charge in [0.2, 0.25) is 0 Å². The summed E-state index contributed by atoms with van der Waals surface area (Å²) in [4.78, 5) is 63.8. The molecule has 1 atom stereocenters. The van der Waals surface area contributed by atoms with Crippen molar-refractivity contribution >= 4 is 35.5 Å². The second-order valence-corrected chi connectivity index (χ2v) is 13.4. The molecule has 4 aliphatic heterocycles. The number of benzene rings is 5. The largest absolute Gasteiger partial charge is 0.478 e. The summed E-state index contributed by atoms with van der Waals surface area (Å²) in [5.74, 6) is -3.35. The maximum absolute atomic E-state index is 13.9. The van der Waals surface area contributed by atoms with Gasteiger partial charge in [0.25, 0.3) is 0 Å². The summed E-state index contributed by atoms with van der Waals surface area (Å²) in [6, 6.07) is 25.6. The number of rotatable bonds is 4. The number of aromatic carboxylic acids is 1. The van der Waals surface area contributed by atoms with E-state index < -0.39 is 40.7 Å². The number of ether oxygens (including phenoxy) is 4. The van der Waals surface area contributed by atoms with Crippen molar-refractivity contribution in [3.8, 4) is 23.0 Å². The molecule has 0 saturated carbocycles. The van der Waals surface area contributed by atoms with Crippen LogP contribution in [0.25, 0.3) is 0 Å². The van der Waals surface area contributed by atoms with Gasteiger partial charge in [-0.05, 0) is 36.2 Å². The van der Waals surface area contributed by atoms with Crippen molar-refractivity contribution in [1.29, 1.82) is 0 Å². The van der Waals surface area contributed by atoms with Crippen molar-refractivity contribution < 1.29 is 53.0 Å². The lowest BCUT2D eigenvalue weighted by Gasteiger charge is -2.52. The van der Waals surface area contributed by atoms with Gasteiger partial charge in [0.05, 0.1) is 16.1 Å². The molecule has 1 N–H and O–H groups in total. The molecule has 5 aromatic carbocycles. The molecule has 5 aromatic rings. The smallest absolute Gasteiger partial charge is 0.341 e. The predicted molar refractivity (Wildman–Crippen MR) is 181 cm³/mol. The van der Waals surface area contributed by atoms with Gasteiger partial charge < -0.3 is 24.1 Å². The first-order valence-electron chi connectivity index (χ1n) is 16.1. The maximum Gasteiger partial charge on any atom is 0.341 e. The molecule has 0 fully saturated rings. The van der Waals surface area contributed by atoms with E-state index in [2.05, 4.69) is 0 Å². The maximum atomic E-state index is 13.9. The van der Waals surface area contributed by atoms with Crippen molar-refractivity contribution in [2.45, 2.75) is 37.6 Å². The molecule has 0 aromatic heterocycles. The number of hydrogen-bond acceptors (Lipinski definition) is 10. The van der Waals surface area contributed by atoms with Gasteiger partial charge in [-0.1, -0.05) is 72.3 Å². The molecular formula is C40H25ClO11. The fourth-order valence-electron chi connectivity index (χ4n) is 8.08. The second-order valence-electron chi connectivity index (χ2n) is 13.0. The van der Waals surface area contributed by atoms with Gasteiger partial charge in [-0.15, -0.1) is 0 Å². The van der Waals surface area contributed by atoms with E-state index in [1.54, 1.807) is 12.1 Å². The highest BCUT2D eigenvalue weighted by molar-refractivity contribution is 6.32. The van der Waals surface area contributed by atoms with E-state index in [4.69, 9.17) is 40.3 Å². The van der Waals surface area contributed by atoms with E-state index in [-0.39, 0.29) is 55.8 Å². The molecule has 1 aliphatic carbocycles. The zero-order valence-electron chi connectivity index (χ0n) is 27.6. The van der Waals surface area contributed by atoms with Gasteiger partial charge in [-0.25, -0.2) is 19.4 Å². The van der Waals surface area contributed by atoms with Crippen molar-refractivity contribution in [3.05, 3.63) is 152 Å². The Morgan fingerprint density at radius 2 is 1.21 bits per heavy atom. The second kappa shape index (κ2) is 10.8. The zero-order valence-corrected chi connectivity index (χ0v) is 28.3. The van der Waals surface area contributed by atoms with Crippen LogP contribution in [0, 0.1) is 0 Å². The molecule has 4 heterocycles. The van der Waals surface area contributed by atoms with E-state index in [0.717, 1.165) is 11.1 Å². The van der Waals surface area contributed by atoms with Gasteiger partial charge in [0.15, 0.2) is 22.6 Å². The van der Waals surface area contributed by atoms with E-state index >= 15 is 0 Å². The Morgan fingerprint density at radius 3 is 1.83 bits per heavy atom. The third kappa shape index (κ3) is 4.03. The van der Waals surface area contributed by atoms with E-state index in [0.29, 0.717) is 16.7 Å². The lowest BCUT2D eigenvalue weighted by molar-refractivity contribution is -0.415. The number of hydrogen-bond donors (Lipinski definition) is 1. The number of fused-ring (bicyclic) bond motifs is 7. The minimum Gasteiger partial charge on any atom is -0.478 e. The Kier molecular flexibility index (Phi) is 6.60. The quantitative estimate of drug-likeness (QED) is 0.114. The number of halogens is 1. The molecule has 11 nitrogen and oxygen atoms in total. The highest BCUT2D eigenvalue weighted by atomic mass is 35.5. The number of carbonyl (C=O) groups excluding carboxylic acids is 3. The van der Waals surface area contributed by atoms with Crippen LogP contribution in [0.2, 0.25) is 5.02 Å². The molecule has 12 heteroatoms. The van der Waals surface area contributed by atoms with Crippen molar-refractivity contribution in [1.82, 2.24) is 0 Å². The minimum absolute atomic E-state index is 0.00644. The summed E-state index contributed by atoms with van der Waals surface area (Å²) in [7, 11) is 0. The third-order valence-electron chi connectivity index (χ3n) is 10.1. The molecule has 10 rings (SSSR count). The fourth-order valence-corrected chi connectivity index (χ4v) is 8.28. The van der Waals surface area contributed by atoms with E-state index in [9.17, 15) is 24.3 Å². The van der Waals surface area contributed by atoms with Crippen molar-refractivity contribution in [2.75, 3.05) is 0 Å². The SMILES string of the molecule is CC(=O)Oc1cc2c(cc1Cl)C1(OC(=O)c3c(C(=O)O)cccc31)c1cc(C34OOC(C)(c5ccccc53)c3ccccc34)c(OC(C)=O)cc1O2. The molecule has 0 amide bonds. The molecule has 1 spiro atoms. The van der Waals surface area contributed by atoms with Crippen LogP contribution in [0.5, 0.6) is 23.0 Å². The minimum atomic E-state index is -1.86. The van der Waals surface area contributed by atoms with Crippen LogP contribution < -0.4 is 14.2 Å². The monoisotopic (exact) mass is 716 g/mol. The first-order valence-corrected chi connectivity index (χ1v) is 16.5. The summed E-state index contributed by atoms with van der Waals surface area (Å²) in [6.45, 7) is 4.38. The molecule has 0 saturated heterocycles. The van der Waals surface area contributed by atoms with Gasteiger partial charge in [0, 0.05) is 59.4 Å². The van der Waals surface area contributed by atoms with Crippen LogP contribution in [-0.2, 0) is 40.9 Å². The summed E-state index contributed by atoms with van der Waals surface area (Å²) in [5.41, 5.74) is -0.789. The van der Waals surface area contributed by atoms with Crippen LogP contribution in [0.3, 0.4) is 0 Å². The molecule has 258 valence electrons. The predicted octanol–water partition coefficient (Wildman–Crippen LogP) is 7.29. The van der Waals surface area contributed by atoms with Gasteiger partial charge in [-0.3, -0.25) is 9.59 Å². The lowest BCUT2D eigenvalue weighted by atomic mass is 9.64. The first-order chi connectivity index (χ1) is 24.9. The van der Waals surface area contributed by atoms with Crippen LogP contribution in [0.4, 0.5) is 0 Å². The average Bonchev–Trinajstić information content (AvgIpc) is 3.41. The molecule has 0 radical (unpaired) electrons. The normalized spacial score (nSPS) is 22.6. The number of carboxylic acids is 1. The van der Waals surface area contributed by atoms with Gasteiger partial charge in [-0.2, -0.15) is 0 Å². The van der Waals surface area contributed by atoms with Crippen LogP contribution in [-0.4, -0.2) is 29.0 Å². The number of carboxylic acid groups (broad SMARTS) is 1. The summed E-state index contributed by atoms with van der Waals surface area (Å²) in [6.07, 6.45) is 0. The average molecular weight is 717 g/mol. The Hall–Kier alpha value is -6.01. The van der Waals surface area contributed by atoms with Crippen LogP contribution in [0.1, 0.15) is 86.0 Å². The van der Waals surface area contributed by atoms with E-state index in [1.165, 1.54) is 44.2 Å². The molecular weight excluding hydrogens is 692 g/mol. The molecule has 2 bridgehead atoms. The molecule has 5 aliphatic rings. The summed E-state index contributed by atoms with van der Waals surface area (Å²) < 4.78 is 24.0. The standard InChI is InChI=1S/C40H25ClO11/c1-19(42)47-31-17-32-27(15-28(31)40-24-12-6-4-10-22(24)38(3,51-52-40)23-11-5-7-13-25(23)40)39(26-14-8-9-21(36(44)45)35(26)37(46)50-39)29-16-30(41)34(48-20(2)43)18-33(29)49-32/h4-18H,1-3H3,(H,44,45). The van der Waals surface area contributed by atoms with Crippen molar-refractivity contribution in [2.24, 2.45) is 0 Å². The lowest BCUT2D eigenvalue weighted by Crippen LogP contribution is -2.52. The highest BCUT2D eigenvalue weighted by Gasteiger charge is 2.61. The topological polar surface area (TPSA) is 144 Å². The Labute approximate surface area is 300 Å². The van der Waals surface area contributed by atoms with Gasteiger partial charge in [0.1, 0.15) is 17.2 Å². The Morgan fingerprint density at radius 1 is 0.654 bits per heavy atom. The highest BCUT2D eigenvalue weighted by Crippen LogP contribution is 2.63. The number of esters is 3. The summed E-state index contributed by atoms with van der Waals surface area (Å²) >= 11 is 6.69. The Bertz CT molecular complexity index is 2440. The zero-order chi connectivity index (χ0) is 36.3. The molecule has 52 heavy (non-hydrogen) atoms.